The van der Waals surface area contributed by atoms with Gasteiger partial charge in [-0.15, -0.1) is 0 Å². The number of halogens is 1. The molecule has 0 aliphatic carbocycles. The van der Waals surface area contributed by atoms with Gasteiger partial charge in [0.05, 0.1) is 34.8 Å². The number of benzene rings is 2. The number of aryl methyl sites for hydroxylation is 2. The molecule has 170 valence electrons. The summed E-state index contributed by atoms with van der Waals surface area (Å²) >= 11 is 6.12. The number of imidazole rings is 1. The number of anilines is 1. The smallest absolute Gasteiger partial charge is 0.328 e. The number of hydrogen-bond acceptors (Lipinski definition) is 5. The maximum atomic E-state index is 13.7. The predicted octanol–water partition coefficient (Wildman–Crippen LogP) is 1.58. The standard InChI is InChI=1S/C21H23ClN4O5S/c1-23-18-7-6-17(13-19(18)24(2)21(23)28)32(29,30)26(16-5-3-4-15(22)12-16)14-20(27)25-8-10-31-11-9-25/h3-7,12-13H,8-11,14H2,1-2H3. The number of hydrogen-bond donors (Lipinski definition) is 0. The lowest BCUT2D eigenvalue weighted by Gasteiger charge is -2.30. The molecular formula is C21H23ClN4O5S. The fourth-order valence-corrected chi connectivity index (χ4v) is 5.37. The summed E-state index contributed by atoms with van der Waals surface area (Å²) in [6.45, 7) is 1.25. The van der Waals surface area contributed by atoms with Crippen molar-refractivity contribution in [1.29, 1.82) is 0 Å². The molecule has 0 atom stereocenters. The summed E-state index contributed by atoms with van der Waals surface area (Å²) in [6, 6.07) is 10.8. The number of fused-ring (bicyclic) bond motifs is 1. The van der Waals surface area contributed by atoms with Gasteiger partial charge < -0.3 is 9.64 Å². The molecule has 32 heavy (non-hydrogen) atoms. The van der Waals surface area contributed by atoms with Crippen molar-refractivity contribution in [3.05, 3.63) is 58.0 Å². The third-order valence-electron chi connectivity index (χ3n) is 5.57. The zero-order chi connectivity index (χ0) is 23.0. The fraction of sp³-hybridized carbons (Fsp3) is 0.333. The quantitative estimate of drug-likeness (QED) is 0.555. The Hall–Kier alpha value is -2.82. The molecule has 3 aromatic rings. The molecule has 11 heteroatoms. The van der Waals surface area contributed by atoms with Crippen LogP contribution in [0.25, 0.3) is 11.0 Å². The van der Waals surface area contributed by atoms with Gasteiger partial charge in [-0.25, -0.2) is 13.2 Å². The molecule has 1 aliphatic heterocycles. The van der Waals surface area contributed by atoms with Crippen LogP contribution in [-0.4, -0.2) is 61.2 Å². The van der Waals surface area contributed by atoms with Crippen LogP contribution in [0.5, 0.6) is 0 Å². The molecule has 1 saturated heterocycles. The van der Waals surface area contributed by atoms with E-state index in [1.165, 1.54) is 27.3 Å². The zero-order valence-corrected chi connectivity index (χ0v) is 19.3. The number of carbonyl (C=O) groups excluding carboxylic acids is 1. The summed E-state index contributed by atoms with van der Waals surface area (Å²) in [5.74, 6) is -0.329. The Morgan fingerprint density at radius 1 is 1.06 bits per heavy atom. The second kappa shape index (κ2) is 8.61. The van der Waals surface area contributed by atoms with Crippen LogP contribution in [0.4, 0.5) is 5.69 Å². The Bertz CT molecular complexity index is 1340. The van der Waals surface area contributed by atoms with Gasteiger partial charge >= 0.3 is 5.69 Å². The number of rotatable bonds is 5. The van der Waals surface area contributed by atoms with Gasteiger partial charge in [-0.05, 0) is 36.4 Å². The van der Waals surface area contributed by atoms with E-state index in [-0.39, 0.29) is 28.7 Å². The molecular weight excluding hydrogens is 456 g/mol. The van der Waals surface area contributed by atoms with Gasteiger partial charge in [-0.2, -0.15) is 0 Å². The van der Waals surface area contributed by atoms with Crippen molar-refractivity contribution in [3.63, 3.8) is 0 Å². The van der Waals surface area contributed by atoms with Crippen LogP contribution in [0.15, 0.2) is 52.2 Å². The first-order chi connectivity index (χ1) is 15.2. The number of ether oxygens (including phenoxy) is 1. The molecule has 1 aliphatic rings. The molecule has 0 saturated carbocycles. The number of nitrogens with zero attached hydrogens (tertiary/aromatic N) is 4. The highest BCUT2D eigenvalue weighted by molar-refractivity contribution is 7.92. The molecule has 0 bridgehead atoms. The van der Waals surface area contributed by atoms with E-state index < -0.39 is 10.0 Å². The third kappa shape index (κ3) is 4.01. The Labute approximate surface area is 190 Å². The third-order valence-corrected chi connectivity index (χ3v) is 7.58. The van der Waals surface area contributed by atoms with E-state index in [2.05, 4.69) is 0 Å². The van der Waals surface area contributed by atoms with E-state index in [4.69, 9.17) is 16.3 Å². The average Bonchev–Trinajstić information content (AvgIpc) is 3.01. The van der Waals surface area contributed by atoms with Gasteiger partial charge in [0.15, 0.2) is 0 Å². The van der Waals surface area contributed by atoms with Gasteiger partial charge in [0.1, 0.15) is 6.54 Å². The molecule has 0 N–H and O–H groups in total. The summed E-state index contributed by atoms with van der Waals surface area (Å²) in [6.07, 6.45) is 0. The normalized spacial score (nSPS) is 14.7. The summed E-state index contributed by atoms with van der Waals surface area (Å²) < 4.78 is 36.6. The molecule has 4 rings (SSSR count). The summed E-state index contributed by atoms with van der Waals surface area (Å²) in [7, 11) is -0.941. The van der Waals surface area contributed by atoms with Gasteiger partial charge in [0.2, 0.25) is 5.91 Å². The second-order valence-electron chi connectivity index (χ2n) is 7.54. The molecule has 0 spiro atoms. The van der Waals surface area contributed by atoms with E-state index in [0.717, 1.165) is 4.31 Å². The lowest BCUT2D eigenvalue weighted by atomic mass is 10.3. The van der Waals surface area contributed by atoms with Crippen molar-refractivity contribution in [2.75, 3.05) is 37.2 Å². The lowest BCUT2D eigenvalue weighted by molar-refractivity contribution is -0.133. The minimum atomic E-state index is -4.15. The Morgan fingerprint density at radius 3 is 2.44 bits per heavy atom. The highest BCUT2D eigenvalue weighted by Crippen LogP contribution is 2.28. The maximum absolute atomic E-state index is 13.7. The number of aromatic nitrogens is 2. The number of morpholine rings is 1. The molecule has 1 amide bonds. The van der Waals surface area contributed by atoms with Crippen LogP contribution >= 0.6 is 11.6 Å². The van der Waals surface area contributed by atoms with Crippen LogP contribution in [0.3, 0.4) is 0 Å². The SMILES string of the molecule is Cn1c(=O)n(C)c2cc(S(=O)(=O)N(CC(=O)N3CCOCC3)c3cccc(Cl)c3)ccc21. The predicted molar refractivity (Wildman–Crippen MR) is 122 cm³/mol. The summed E-state index contributed by atoms with van der Waals surface area (Å²) in [4.78, 5) is 26.8. The second-order valence-corrected chi connectivity index (χ2v) is 9.83. The van der Waals surface area contributed by atoms with Crippen molar-refractivity contribution in [3.8, 4) is 0 Å². The van der Waals surface area contributed by atoms with E-state index in [1.807, 2.05) is 0 Å². The molecule has 2 aromatic carbocycles. The highest BCUT2D eigenvalue weighted by Gasteiger charge is 2.30. The first-order valence-electron chi connectivity index (χ1n) is 9.99. The number of amides is 1. The van der Waals surface area contributed by atoms with E-state index in [0.29, 0.717) is 42.4 Å². The minimum absolute atomic E-state index is 0.0269. The van der Waals surface area contributed by atoms with Crippen LogP contribution in [0.2, 0.25) is 5.02 Å². The lowest BCUT2D eigenvalue weighted by Crippen LogP contribution is -2.47. The Morgan fingerprint density at radius 2 is 1.75 bits per heavy atom. The Balaban J connectivity index is 1.78. The number of carbonyl (C=O) groups is 1. The van der Waals surface area contributed by atoms with Gasteiger partial charge in [-0.3, -0.25) is 18.2 Å². The van der Waals surface area contributed by atoms with Gasteiger partial charge in [0, 0.05) is 32.2 Å². The topological polar surface area (TPSA) is 93.8 Å². The van der Waals surface area contributed by atoms with Crippen LogP contribution in [0.1, 0.15) is 0 Å². The van der Waals surface area contributed by atoms with Crippen molar-refractivity contribution in [2.24, 2.45) is 14.1 Å². The van der Waals surface area contributed by atoms with Gasteiger partial charge in [-0.1, -0.05) is 17.7 Å². The fourth-order valence-electron chi connectivity index (χ4n) is 3.76. The summed E-state index contributed by atoms with van der Waals surface area (Å²) in [5, 5.41) is 0.349. The molecule has 9 nitrogen and oxygen atoms in total. The van der Waals surface area contributed by atoms with E-state index in [1.54, 1.807) is 43.3 Å². The molecule has 2 heterocycles. The van der Waals surface area contributed by atoms with Crippen LogP contribution in [-0.2, 0) is 33.7 Å². The minimum Gasteiger partial charge on any atom is -0.378 e. The van der Waals surface area contributed by atoms with Crippen molar-refractivity contribution >= 4 is 44.3 Å². The van der Waals surface area contributed by atoms with Crippen LogP contribution in [0, 0.1) is 0 Å². The van der Waals surface area contributed by atoms with Crippen LogP contribution < -0.4 is 9.99 Å². The highest BCUT2D eigenvalue weighted by atomic mass is 35.5. The molecule has 1 fully saturated rings. The number of sulfonamides is 1. The molecule has 1 aromatic heterocycles. The molecule has 0 radical (unpaired) electrons. The van der Waals surface area contributed by atoms with Crippen molar-refractivity contribution < 1.29 is 17.9 Å². The van der Waals surface area contributed by atoms with E-state index >= 15 is 0 Å². The zero-order valence-electron chi connectivity index (χ0n) is 17.7. The molecule has 0 unspecified atom stereocenters. The first-order valence-corrected chi connectivity index (χ1v) is 11.8. The maximum Gasteiger partial charge on any atom is 0.328 e. The van der Waals surface area contributed by atoms with Crippen molar-refractivity contribution in [2.45, 2.75) is 4.90 Å². The van der Waals surface area contributed by atoms with Crippen molar-refractivity contribution in [1.82, 2.24) is 14.0 Å². The average molecular weight is 479 g/mol. The summed E-state index contributed by atoms with van der Waals surface area (Å²) in [5.41, 5.74) is 1.10. The first kappa shape index (κ1) is 22.4. The van der Waals surface area contributed by atoms with E-state index in [9.17, 15) is 18.0 Å². The van der Waals surface area contributed by atoms with Gasteiger partial charge in [0.25, 0.3) is 10.0 Å². The Kier molecular flexibility index (Phi) is 6.02. The monoisotopic (exact) mass is 478 g/mol. The largest absolute Gasteiger partial charge is 0.378 e.